The van der Waals surface area contributed by atoms with Crippen LogP contribution in [0.3, 0.4) is 0 Å². The molecular formula is C15H12F6N4O2. The van der Waals surface area contributed by atoms with Crippen LogP contribution in [0.25, 0.3) is 0 Å². The molecule has 0 saturated carbocycles. The van der Waals surface area contributed by atoms with E-state index in [0.29, 0.717) is 5.01 Å². The van der Waals surface area contributed by atoms with Crippen molar-refractivity contribution < 1.29 is 35.8 Å². The summed E-state index contributed by atoms with van der Waals surface area (Å²) in [5.74, 6) is -1.77. The van der Waals surface area contributed by atoms with Gasteiger partial charge in [0.15, 0.2) is 6.17 Å². The van der Waals surface area contributed by atoms with Crippen molar-refractivity contribution in [3.63, 3.8) is 0 Å². The lowest BCUT2D eigenvalue weighted by Crippen LogP contribution is -2.43. The molecule has 6 nitrogen and oxygen atoms in total. The molecular weight excluding hydrogens is 382 g/mol. The van der Waals surface area contributed by atoms with Gasteiger partial charge in [-0.15, -0.1) is 13.2 Å². The van der Waals surface area contributed by atoms with E-state index in [0.717, 1.165) is 17.1 Å². The van der Waals surface area contributed by atoms with Gasteiger partial charge < -0.3 is 9.47 Å². The van der Waals surface area contributed by atoms with Crippen molar-refractivity contribution in [2.24, 2.45) is 10.2 Å². The SMILES string of the molecule is COc1cc(OC(F)(F)F)ccc1C1=NN2C(C(F)(F)F)=NN(C)C2C=C1. The largest absolute Gasteiger partial charge is 0.573 e. The number of allylic oxidation sites excluding steroid dienone is 1. The third-order valence-corrected chi connectivity index (χ3v) is 3.68. The second-order valence-electron chi connectivity index (χ2n) is 5.51. The summed E-state index contributed by atoms with van der Waals surface area (Å²) in [6, 6.07) is 3.20. The van der Waals surface area contributed by atoms with Crippen LogP contribution in [-0.2, 0) is 0 Å². The molecule has 2 heterocycles. The van der Waals surface area contributed by atoms with Crippen molar-refractivity contribution in [2.75, 3.05) is 14.2 Å². The van der Waals surface area contributed by atoms with Gasteiger partial charge in [0.1, 0.15) is 11.5 Å². The number of fused-ring (bicyclic) bond motifs is 1. The van der Waals surface area contributed by atoms with Gasteiger partial charge in [-0.25, -0.2) is 5.01 Å². The average molecular weight is 394 g/mol. The summed E-state index contributed by atoms with van der Waals surface area (Å²) in [5.41, 5.74) is 0.256. The van der Waals surface area contributed by atoms with Gasteiger partial charge in [-0.2, -0.15) is 23.4 Å². The Morgan fingerprint density at radius 3 is 2.37 bits per heavy atom. The van der Waals surface area contributed by atoms with E-state index in [-0.39, 0.29) is 17.0 Å². The lowest BCUT2D eigenvalue weighted by Gasteiger charge is -2.27. The van der Waals surface area contributed by atoms with Crippen molar-refractivity contribution in [3.8, 4) is 11.5 Å². The van der Waals surface area contributed by atoms with Crippen molar-refractivity contribution in [2.45, 2.75) is 18.7 Å². The molecule has 3 rings (SSSR count). The Hall–Kier alpha value is -2.92. The minimum Gasteiger partial charge on any atom is -0.496 e. The van der Waals surface area contributed by atoms with Crippen LogP contribution in [0.2, 0.25) is 0 Å². The molecule has 12 heteroatoms. The quantitative estimate of drug-likeness (QED) is 0.739. The number of methoxy groups -OCH3 is 1. The third kappa shape index (κ3) is 3.78. The molecule has 27 heavy (non-hydrogen) atoms. The third-order valence-electron chi connectivity index (χ3n) is 3.68. The number of likely N-dealkylation sites (N-methyl/N-ethyl adjacent to an activating group) is 1. The average Bonchev–Trinajstić information content (AvgIpc) is 2.90. The Labute approximate surface area is 148 Å². The normalized spacial score (nSPS) is 19.6. The first-order valence-corrected chi connectivity index (χ1v) is 7.38. The fourth-order valence-electron chi connectivity index (χ4n) is 2.59. The fourth-order valence-corrected chi connectivity index (χ4v) is 2.59. The van der Waals surface area contributed by atoms with Crippen LogP contribution in [0.15, 0.2) is 40.6 Å². The monoisotopic (exact) mass is 394 g/mol. The first kappa shape index (κ1) is 18.9. The summed E-state index contributed by atoms with van der Waals surface area (Å²) in [6.07, 6.45) is -7.60. The number of ether oxygens (including phenoxy) is 2. The topological polar surface area (TPSA) is 49.7 Å². The van der Waals surface area contributed by atoms with E-state index < -0.39 is 30.3 Å². The van der Waals surface area contributed by atoms with Crippen molar-refractivity contribution in [1.82, 2.24) is 10.0 Å². The molecule has 0 saturated heterocycles. The molecule has 2 aliphatic rings. The second kappa shape index (κ2) is 6.35. The number of hydrazone groups is 2. The highest BCUT2D eigenvalue weighted by Gasteiger charge is 2.48. The summed E-state index contributed by atoms with van der Waals surface area (Å²) >= 11 is 0. The van der Waals surface area contributed by atoms with E-state index in [4.69, 9.17) is 4.74 Å². The Balaban J connectivity index is 1.96. The Bertz CT molecular complexity index is 831. The van der Waals surface area contributed by atoms with Gasteiger partial charge >= 0.3 is 12.5 Å². The fraction of sp³-hybridized carbons (Fsp3) is 0.333. The van der Waals surface area contributed by atoms with Crippen molar-refractivity contribution >= 4 is 11.5 Å². The number of alkyl halides is 6. The summed E-state index contributed by atoms with van der Waals surface area (Å²) in [4.78, 5) is 0. The van der Waals surface area contributed by atoms with Gasteiger partial charge in [0.25, 0.3) is 5.84 Å². The predicted octanol–water partition coefficient (Wildman–Crippen LogP) is 3.32. The number of hydrogen-bond acceptors (Lipinski definition) is 6. The molecule has 1 aromatic rings. The first-order chi connectivity index (χ1) is 12.5. The predicted molar refractivity (Wildman–Crippen MR) is 82.2 cm³/mol. The molecule has 0 amide bonds. The van der Waals surface area contributed by atoms with Crippen molar-refractivity contribution in [1.29, 1.82) is 0 Å². The van der Waals surface area contributed by atoms with E-state index in [2.05, 4.69) is 14.9 Å². The van der Waals surface area contributed by atoms with Gasteiger partial charge in [0, 0.05) is 18.7 Å². The Kier molecular flexibility index (Phi) is 4.44. The van der Waals surface area contributed by atoms with E-state index in [1.165, 1.54) is 32.4 Å². The number of nitrogens with zero attached hydrogens (tertiary/aromatic N) is 4. The smallest absolute Gasteiger partial charge is 0.496 e. The van der Waals surface area contributed by atoms with Crippen LogP contribution >= 0.6 is 0 Å². The van der Waals surface area contributed by atoms with Crippen LogP contribution in [0.1, 0.15) is 5.56 Å². The molecule has 0 N–H and O–H groups in total. The zero-order chi connectivity index (χ0) is 20.0. The van der Waals surface area contributed by atoms with E-state index in [9.17, 15) is 26.3 Å². The van der Waals surface area contributed by atoms with Gasteiger partial charge in [0.2, 0.25) is 0 Å². The summed E-state index contributed by atoms with van der Waals surface area (Å²) in [5, 5.41) is 9.18. The Morgan fingerprint density at radius 1 is 1.07 bits per heavy atom. The maximum Gasteiger partial charge on any atom is 0.573 e. The molecule has 0 radical (unpaired) electrons. The zero-order valence-electron chi connectivity index (χ0n) is 13.8. The molecule has 0 spiro atoms. The van der Waals surface area contributed by atoms with Crippen LogP contribution < -0.4 is 9.47 Å². The number of benzene rings is 1. The van der Waals surface area contributed by atoms with Gasteiger partial charge in [-0.3, -0.25) is 5.01 Å². The highest BCUT2D eigenvalue weighted by atomic mass is 19.4. The lowest BCUT2D eigenvalue weighted by atomic mass is 10.1. The maximum absolute atomic E-state index is 13.2. The molecule has 1 aromatic carbocycles. The molecule has 0 aliphatic carbocycles. The van der Waals surface area contributed by atoms with Crippen LogP contribution in [0, 0.1) is 0 Å². The number of rotatable bonds is 3. The van der Waals surface area contributed by atoms with E-state index >= 15 is 0 Å². The molecule has 1 atom stereocenters. The number of amidine groups is 1. The highest BCUT2D eigenvalue weighted by Crippen LogP contribution is 2.33. The van der Waals surface area contributed by atoms with Gasteiger partial charge in [-0.1, -0.05) is 0 Å². The highest BCUT2D eigenvalue weighted by molar-refractivity contribution is 6.11. The number of halogens is 6. The lowest BCUT2D eigenvalue weighted by molar-refractivity contribution is -0.274. The molecule has 0 bridgehead atoms. The molecule has 1 unspecified atom stereocenters. The van der Waals surface area contributed by atoms with Gasteiger partial charge in [-0.05, 0) is 24.3 Å². The van der Waals surface area contributed by atoms with Crippen LogP contribution in [-0.4, -0.2) is 54.4 Å². The molecule has 0 fully saturated rings. The minimum absolute atomic E-state index is 0.0448. The van der Waals surface area contributed by atoms with Gasteiger partial charge in [0.05, 0.1) is 12.8 Å². The van der Waals surface area contributed by atoms with E-state index in [1.807, 2.05) is 0 Å². The molecule has 0 aromatic heterocycles. The van der Waals surface area contributed by atoms with E-state index in [1.54, 1.807) is 0 Å². The summed E-state index contributed by atoms with van der Waals surface area (Å²) in [7, 11) is 2.57. The summed E-state index contributed by atoms with van der Waals surface area (Å²) in [6.45, 7) is 0. The minimum atomic E-state index is -4.89. The molecule has 2 aliphatic heterocycles. The Morgan fingerprint density at radius 2 is 1.78 bits per heavy atom. The summed E-state index contributed by atoms with van der Waals surface area (Å²) < 4.78 is 85.3. The number of hydrogen-bond donors (Lipinski definition) is 0. The zero-order valence-corrected chi connectivity index (χ0v) is 13.8. The first-order valence-electron chi connectivity index (χ1n) is 7.38. The van der Waals surface area contributed by atoms with Crippen LogP contribution in [0.4, 0.5) is 26.3 Å². The standard InChI is InChI=1S/C15H12F6N4O2/c1-24-12-6-5-10(22-25(12)13(23-24)14(16,17)18)9-4-3-8(7-11(9)26-2)27-15(19,20)21/h3-7,12H,1-2H3. The maximum atomic E-state index is 13.2. The van der Waals surface area contributed by atoms with Crippen molar-refractivity contribution in [3.05, 3.63) is 35.9 Å². The molecule has 146 valence electrons. The second-order valence-corrected chi connectivity index (χ2v) is 5.51. The van der Waals surface area contributed by atoms with Crippen LogP contribution in [0.5, 0.6) is 11.5 Å².